The van der Waals surface area contributed by atoms with E-state index in [0.717, 1.165) is 5.56 Å². The van der Waals surface area contributed by atoms with E-state index in [-0.39, 0.29) is 22.9 Å². The number of aromatic carboxylic acids is 1. The highest BCUT2D eigenvalue weighted by Crippen LogP contribution is 2.23. The van der Waals surface area contributed by atoms with Crippen LogP contribution in [-0.2, 0) is 0 Å². The Morgan fingerprint density at radius 3 is 2.71 bits per heavy atom. The molecule has 0 aliphatic carbocycles. The number of nitrogens with zero attached hydrogens (tertiary/aromatic N) is 2. The molecule has 0 saturated carbocycles. The summed E-state index contributed by atoms with van der Waals surface area (Å²) in [5.74, 6) is 3.78. The molecule has 3 rings (SSSR count). The zero-order valence-electron chi connectivity index (χ0n) is 12.2. The van der Waals surface area contributed by atoms with Gasteiger partial charge in [-0.15, -0.1) is 0 Å². The summed E-state index contributed by atoms with van der Waals surface area (Å²) >= 11 is 0. The number of aromatic nitrogens is 3. The summed E-state index contributed by atoms with van der Waals surface area (Å²) in [4.78, 5) is 11.0. The molecule has 0 radical (unpaired) electrons. The van der Waals surface area contributed by atoms with Gasteiger partial charge in [-0.1, -0.05) is 40.4 Å². The Morgan fingerprint density at radius 2 is 1.96 bits per heavy atom. The number of hydrogen-bond donors (Lipinski definition) is 2. The van der Waals surface area contributed by atoms with Crippen LogP contribution in [0.5, 0.6) is 11.6 Å². The summed E-state index contributed by atoms with van der Waals surface area (Å²) in [5, 5.41) is 18.1. The fraction of sp³-hybridized carbons (Fsp3) is 0. The molecular formula is C17H10FN3O3. The minimum Gasteiger partial charge on any atom is -0.476 e. The molecular weight excluding hydrogens is 313 g/mol. The first-order chi connectivity index (χ1) is 11.6. The molecule has 3 aromatic rings. The van der Waals surface area contributed by atoms with Gasteiger partial charge in [0.1, 0.15) is 11.6 Å². The van der Waals surface area contributed by atoms with Crippen molar-refractivity contribution in [3.63, 3.8) is 0 Å². The summed E-state index contributed by atoms with van der Waals surface area (Å²) in [5.41, 5.74) is 0.570. The van der Waals surface area contributed by atoms with E-state index in [2.05, 4.69) is 27.3 Å². The van der Waals surface area contributed by atoms with Crippen LogP contribution in [0.4, 0.5) is 4.39 Å². The van der Waals surface area contributed by atoms with Crippen LogP contribution in [0.3, 0.4) is 0 Å². The van der Waals surface area contributed by atoms with E-state index >= 15 is 0 Å². The van der Waals surface area contributed by atoms with Crippen LogP contribution < -0.4 is 4.74 Å². The number of rotatable bonds is 3. The van der Waals surface area contributed by atoms with Crippen molar-refractivity contribution in [2.24, 2.45) is 0 Å². The number of nitrogens with one attached hydrogen (secondary N) is 1. The number of H-pyrrole nitrogens is 1. The molecule has 2 aromatic carbocycles. The molecule has 0 aliphatic rings. The second-order valence-corrected chi connectivity index (χ2v) is 4.66. The first kappa shape index (κ1) is 15.2. The van der Waals surface area contributed by atoms with Gasteiger partial charge in [0.15, 0.2) is 0 Å². The molecule has 0 spiro atoms. The molecule has 2 N–H and O–H groups in total. The van der Waals surface area contributed by atoms with Gasteiger partial charge in [0.05, 0.1) is 5.56 Å². The molecule has 1 heterocycles. The number of halogens is 1. The maximum Gasteiger partial charge on any atom is 0.359 e. The van der Waals surface area contributed by atoms with Crippen LogP contribution in [0.1, 0.15) is 21.6 Å². The van der Waals surface area contributed by atoms with Crippen molar-refractivity contribution in [1.29, 1.82) is 0 Å². The molecule has 118 valence electrons. The van der Waals surface area contributed by atoms with E-state index in [9.17, 15) is 9.18 Å². The highest BCUT2D eigenvalue weighted by Gasteiger charge is 2.16. The minimum atomic E-state index is -1.26. The molecule has 7 heteroatoms. The summed E-state index contributed by atoms with van der Waals surface area (Å²) in [6.45, 7) is 0. The van der Waals surface area contributed by atoms with Crippen molar-refractivity contribution in [3.05, 3.63) is 71.2 Å². The van der Waals surface area contributed by atoms with Crippen LogP contribution >= 0.6 is 0 Å². The molecule has 6 nitrogen and oxygen atoms in total. The third kappa shape index (κ3) is 3.39. The third-order valence-corrected chi connectivity index (χ3v) is 3.00. The van der Waals surface area contributed by atoms with Crippen LogP contribution in [0.2, 0.25) is 0 Å². The van der Waals surface area contributed by atoms with Crippen LogP contribution in [-0.4, -0.2) is 26.5 Å². The SMILES string of the molecule is O=C(O)c1[nH]nnc1Oc1ccc(F)c(C#Cc2ccccc2)c1. The van der Waals surface area contributed by atoms with Crippen molar-refractivity contribution in [1.82, 2.24) is 15.4 Å². The zero-order valence-corrected chi connectivity index (χ0v) is 12.2. The topological polar surface area (TPSA) is 88.1 Å². The predicted molar refractivity (Wildman–Crippen MR) is 82.2 cm³/mol. The standard InChI is InChI=1S/C17H10FN3O3/c18-14-9-8-13(24-16-15(17(22)23)19-21-20-16)10-12(14)7-6-11-4-2-1-3-5-11/h1-5,8-10H,(H,22,23)(H,19,20,21). The average molecular weight is 323 g/mol. The maximum absolute atomic E-state index is 13.9. The molecule has 0 unspecified atom stereocenters. The van der Waals surface area contributed by atoms with Crippen molar-refractivity contribution < 1.29 is 19.0 Å². The lowest BCUT2D eigenvalue weighted by atomic mass is 10.1. The molecule has 0 saturated heterocycles. The van der Waals surface area contributed by atoms with Gasteiger partial charge in [0.2, 0.25) is 5.69 Å². The van der Waals surface area contributed by atoms with E-state index in [0.29, 0.717) is 0 Å². The predicted octanol–water partition coefficient (Wildman–Crippen LogP) is 2.83. The zero-order chi connectivity index (χ0) is 16.9. The quantitative estimate of drug-likeness (QED) is 0.724. The van der Waals surface area contributed by atoms with E-state index in [1.54, 1.807) is 12.1 Å². The van der Waals surface area contributed by atoms with Crippen LogP contribution in [0, 0.1) is 17.7 Å². The van der Waals surface area contributed by atoms with E-state index < -0.39 is 11.8 Å². The van der Waals surface area contributed by atoms with Gasteiger partial charge in [-0.3, -0.25) is 0 Å². The lowest BCUT2D eigenvalue weighted by Crippen LogP contribution is -2.00. The largest absolute Gasteiger partial charge is 0.476 e. The first-order valence-electron chi connectivity index (χ1n) is 6.82. The summed E-state index contributed by atoms with van der Waals surface area (Å²) in [6.07, 6.45) is 0. The van der Waals surface area contributed by atoms with Gasteiger partial charge in [-0.05, 0) is 30.3 Å². The van der Waals surface area contributed by atoms with E-state index in [1.807, 2.05) is 18.2 Å². The number of carboxylic acids is 1. The van der Waals surface area contributed by atoms with Crippen molar-refractivity contribution in [3.8, 4) is 23.5 Å². The molecule has 0 bridgehead atoms. The highest BCUT2D eigenvalue weighted by atomic mass is 19.1. The van der Waals surface area contributed by atoms with Gasteiger partial charge >= 0.3 is 5.97 Å². The van der Waals surface area contributed by atoms with Crippen molar-refractivity contribution >= 4 is 5.97 Å². The fourth-order valence-electron chi connectivity index (χ4n) is 1.87. The Bertz CT molecular complexity index is 942. The lowest BCUT2D eigenvalue weighted by Gasteiger charge is -2.03. The average Bonchev–Trinajstić information content (AvgIpc) is 3.05. The summed E-state index contributed by atoms with van der Waals surface area (Å²) < 4.78 is 19.2. The number of benzene rings is 2. The van der Waals surface area contributed by atoms with Crippen LogP contribution in [0.15, 0.2) is 48.5 Å². The second kappa shape index (κ2) is 6.62. The third-order valence-electron chi connectivity index (χ3n) is 3.00. The minimum absolute atomic E-state index is 0.122. The van der Waals surface area contributed by atoms with E-state index in [4.69, 9.17) is 9.84 Å². The highest BCUT2D eigenvalue weighted by molar-refractivity contribution is 5.87. The van der Waals surface area contributed by atoms with Gasteiger partial charge in [0.25, 0.3) is 5.88 Å². The van der Waals surface area contributed by atoms with Gasteiger partial charge < -0.3 is 9.84 Å². The van der Waals surface area contributed by atoms with Crippen LogP contribution in [0.25, 0.3) is 0 Å². The number of carbonyl (C=O) groups is 1. The Kier molecular flexibility index (Phi) is 4.21. The van der Waals surface area contributed by atoms with Crippen molar-refractivity contribution in [2.45, 2.75) is 0 Å². The molecule has 24 heavy (non-hydrogen) atoms. The number of carboxylic acid groups (broad SMARTS) is 1. The number of hydrogen-bond acceptors (Lipinski definition) is 4. The molecule has 0 amide bonds. The second-order valence-electron chi connectivity index (χ2n) is 4.66. The summed E-state index contributed by atoms with van der Waals surface area (Å²) in [6, 6.07) is 13.0. The molecule has 0 atom stereocenters. The smallest absolute Gasteiger partial charge is 0.359 e. The first-order valence-corrected chi connectivity index (χ1v) is 6.82. The van der Waals surface area contributed by atoms with Gasteiger partial charge in [0, 0.05) is 5.56 Å². The molecule has 1 aromatic heterocycles. The Hall–Kier alpha value is -3.66. The Labute approximate surface area is 135 Å². The lowest BCUT2D eigenvalue weighted by molar-refractivity contribution is 0.0687. The number of aromatic amines is 1. The molecule has 0 aliphatic heterocycles. The Morgan fingerprint density at radius 1 is 1.17 bits per heavy atom. The maximum atomic E-state index is 13.9. The monoisotopic (exact) mass is 323 g/mol. The fourth-order valence-corrected chi connectivity index (χ4v) is 1.87. The Balaban J connectivity index is 1.88. The normalized spacial score (nSPS) is 9.88. The van der Waals surface area contributed by atoms with Crippen molar-refractivity contribution in [2.75, 3.05) is 0 Å². The molecule has 0 fully saturated rings. The van der Waals surface area contributed by atoms with Gasteiger partial charge in [-0.25, -0.2) is 14.3 Å². The number of ether oxygens (including phenoxy) is 1. The summed E-state index contributed by atoms with van der Waals surface area (Å²) in [7, 11) is 0. The van der Waals surface area contributed by atoms with Gasteiger partial charge in [-0.2, -0.15) is 0 Å². The van der Waals surface area contributed by atoms with E-state index in [1.165, 1.54) is 18.2 Å².